The van der Waals surface area contributed by atoms with Gasteiger partial charge in [-0.05, 0) is 23.8 Å². The van der Waals surface area contributed by atoms with E-state index in [1.807, 2.05) is 0 Å². The van der Waals surface area contributed by atoms with Crippen molar-refractivity contribution in [3.05, 3.63) is 52.6 Å². The molecule has 0 spiro atoms. The fraction of sp³-hybridized carbons (Fsp3) is 0. The molecule has 0 aliphatic rings. The van der Waals surface area contributed by atoms with E-state index in [2.05, 4.69) is 12.7 Å². The molecule has 0 N–H and O–H groups in total. The first kappa shape index (κ1) is 7.47. The Bertz CT molecular complexity index is 277. The van der Waals surface area contributed by atoms with Crippen LogP contribution in [-0.2, 0) is 0 Å². The Morgan fingerprint density at radius 3 is 2.27 bits per heavy atom. The van der Waals surface area contributed by atoms with Gasteiger partial charge >= 0.3 is 0 Å². The number of nitro benzene ring substituents is 1. The van der Waals surface area contributed by atoms with E-state index in [1.165, 1.54) is 12.1 Å². The monoisotopic (exact) mass is 148 g/mol. The molecular formula is C8H6NO2. The van der Waals surface area contributed by atoms with Crippen molar-refractivity contribution in [2.45, 2.75) is 0 Å². The van der Waals surface area contributed by atoms with Gasteiger partial charge in [0.2, 0.25) is 0 Å². The molecule has 0 unspecified atom stereocenters. The van der Waals surface area contributed by atoms with Gasteiger partial charge in [-0.25, -0.2) is 0 Å². The summed E-state index contributed by atoms with van der Waals surface area (Å²) in [7, 11) is 0. The van der Waals surface area contributed by atoms with Gasteiger partial charge in [0.05, 0.1) is 4.92 Å². The molecule has 1 radical (unpaired) electrons. The minimum absolute atomic E-state index is 0.0870. The summed E-state index contributed by atoms with van der Waals surface area (Å²) in [5.41, 5.74) is 0.847. The standard InChI is InChI=1S/C8H6NO2/c1-2-7-3-5-8(6-4-7)9(10)11/h3-6H,1H2. The normalized spacial score (nSPS) is 9.09. The molecule has 0 heterocycles. The number of non-ortho nitro benzene ring substituents is 1. The van der Waals surface area contributed by atoms with Gasteiger partial charge in [0.25, 0.3) is 5.69 Å². The highest BCUT2D eigenvalue weighted by molar-refractivity contribution is 5.34. The molecule has 0 aliphatic carbocycles. The van der Waals surface area contributed by atoms with Gasteiger partial charge in [0, 0.05) is 12.1 Å². The smallest absolute Gasteiger partial charge is 0.258 e. The Labute approximate surface area is 64.1 Å². The van der Waals surface area contributed by atoms with Crippen LogP contribution in [0.1, 0.15) is 5.56 Å². The Morgan fingerprint density at radius 1 is 1.36 bits per heavy atom. The van der Waals surface area contributed by atoms with E-state index in [1.54, 1.807) is 12.1 Å². The van der Waals surface area contributed by atoms with Crippen LogP contribution in [0.5, 0.6) is 0 Å². The van der Waals surface area contributed by atoms with Crippen molar-refractivity contribution in [1.29, 1.82) is 0 Å². The third kappa shape index (κ3) is 1.64. The summed E-state index contributed by atoms with van der Waals surface area (Å²) in [6.07, 6.45) is 2.62. The second-order valence-corrected chi connectivity index (χ2v) is 1.98. The maximum Gasteiger partial charge on any atom is 0.269 e. The van der Waals surface area contributed by atoms with E-state index in [0.29, 0.717) is 0 Å². The lowest BCUT2D eigenvalue weighted by atomic mass is 10.2. The van der Waals surface area contributed by atoms with Crippen molar-refractivity contribution in [3.63, 3.8) is 0 Å². The Balaban J connectivity index is 3.00. The molecule has 0 amide bonds. The molecule has 0 fully saturated rings. The van der Waals surface area contributed by atoms with Crippen molar-refractivity contribution in [3.8, 4) is 0 Å². The molecule has 11 heavy (non-hydrogen) atoms. The molecule has 0 atom stereocenters. The molecule has 1 aromatic carbocycles. The molecule has 1 rings (SSSR count). The molecule has 0 aliphatic heterocycles. The van der Waals surface area contributed by atoms with Gasteiger partial charge in [0.15, 0.2) is 0 Å². The first-order valence-corrected chi connectivity index (χ1v) is 3.01. The number of hydrogen-bond donors (Lipinski definition) is 0. The maximum atomic E-state index is 10.2. The quantitative estimate of drug-likeness (QED) is 0.475. The summed E-state index contributed by atoms with van der Waals surface area (Å²) in [6.45, 7) is 3.41. The van der Waals surface area contributed by atoms with Gasteiger partial charge in [-0.3, -0.25) is 10.1 Å². The molecule has 3 nitrogen and oxygen atoms in total. The van der Waals surface area contributed by atoms with Crippen LogP contribution in [0.2, 0.25) is 0 Å². The predicted octanol–water partition coefficient (Wildman–Crippen LogP) is 1.93. The largest absolute Gasteiger partial charge is 0.269 e. The maximum absolute atomic E-state index is 10.2. The highest BCUT2D eigenvalue weighted by atomic mass is 16.6. The number of nitro groups is 1. The van der Waals surface area contributed by atoms with Crippen LogP contribution in [0, 0.1) is 16.2 Å². The summed E-state index contributed by atoms with van der Waals surface area (Å²) in [5, 5.41) is 10.2. The van der Waals surface area contributed by atoms with Gasteiger partial charge in [-0.15, -0.1) is 0 Å². The summed E-state index contributed by atoms with van der Waals surface area (Å²) in [4.78, 5) is 9.73. The number of benzene rings is 1. The lowest BCUT2D eigenvalue weighted by Crippen LogP contribution is -1.86. The van der Waals surface area contributed by atoms with Crippen LogP contribution < -0.4 is 0 Å². The third-order valence-corrected chi connectivity index (χ3v) is 1.28. The van der Waals surface area contributed by atoms with Gasteiger partial charge in [0.1, 0.15) is 0 Å². The van der Waals surface area contributed by atoms with E-state index in [0.717, 1.165) is 5.56 Å². The minimum atomic E-state index is -0.438. The van der Waals surface area contributed by atoms with Gasteiger partial charge < -0.3 is 0 Å². The topological polar surface area (TPSA) is 43.1 Å². The van der Waals surface area contributed by atoms with Gasteiger partial charge in [-0.1, -0.05) is 6.58 Å². The Kier molecular flexibility index (Phi) is 2.01. The molecule has 0 bridgehead atoms. The number of hydrogen-bond acceptors (Lipinski definition) is 2. The molecule has 0 saturated heterocycles. The average Bonchev–Trinajstić information content (AvgIpc) is 2.05. The lowest BCUT2D eigenvalue weighted by Gasteiger charge is -1.90. The first-order valence-electron chi connectivity index (χ1n) is 3.01. The highest BCUT2D eigenvalue weighted by Crippen LogP contribution is 2.11. The SMILES string of the molecule is C=[C]c1ccc([N+](=O)[O-])cc1. The molecule has 0 aromatic heterocycles. The van der Waals surface area contributed by atoms with E-state index in [4.69, 9.17) is 0 Å². The van der Waals surface area contributed by atoms with Crippen molar-refractivity contribution in [2.75, 3.05) is 0 Å². The summed E-state index contributed by atoms with van der Waals surface area (Å²) in [6, 6.07) is 6.05. The van der Waals surface area contributed by atoms with Crippen molar-refractivity contribution < 1.29 is 4.92 Å². The van der Waals surface area contributed by atoms with E-state index in [-0.39, 0.29) is 5.69 Å². The summed E-state index contributed by atoms with van der Waals surface area (Å²) >= 11 is 0. The lowest BCUT2D eigenvalue weighted by molar-refractivity contribution is -0.384. The highest BCUT2D eigenvalue weighted by Gasteiger charge is 2.01. The zero-order chi connectivity index (χ0) is 8.27. The second-order valence-electron chi connectivity index (χ2n) is 1.98. The predicted molar refractivity (Wildman–Crippen MR) is 41.1 cm³/mol. The second kappa shape index (κ2) is 2.96. The number of nitrogens with zero attached hydrogens (tertiary/aromatic N) is 1. The zero-order valence-electron chi connectivity index (χ0n) is 5.78. The fourth-order valence-electron chi connectivity index (χ4n) is 0.701. The Hall–Kier alpha value is -1.64. The molecule has 55 valence electrons. The van der Waals surface area contributed by atoms with Crippen LogP contribution in [0.25, 0.3) is 0 Å². The average molecular weight is 148 g/mol. The first-order chi connectivity index (χ1) is 5.24. The number of rotatable bonds is 2. The third-order valence-electron chi connectivity index (χ3n) is 1.28. The molecule has 1 aromatic rings. The van der Waals surface area contributed by atoms with Gasteiger partial charge in [-0.2, -0.15) is 0 Å². The minimum Gasteiger partial charge on any atom is -0.258 e. The van der Waals surface area contributed by atoms with Crippen molar-refractivity contribution >= 4 is 5.69 Å². The van der Waals surface area contributed by atoms with Crippen LogP contribution in [0.15, 0.2) is 30.8 Å². The Morgan fingerprint density at radius 2 is 1.91 bits per heavy atom. The van der Waals surface area contributed by atoms with Crippen molar-refractivity contribution in [2.24, 2.45) is 0 Å². The van der Waals surface area contributed by atoms with Crippen LogP contribution >= 0.6 is 0 Å². The molecule has 3 heteroatoms. The van der Waals surface area contributed by atoms with Crippen LogP contribution in [0.4, 0.5) is 5.69 Å². The van der Waals surface area contributed by atoms with Crippen LogP contribution in [0.3, 0.4) is 0 Å². The molecular weight excluding hydrogens is 142 g/mol. The van der Waals surface area contributed by atoms with E-state index >= 15 is 0 Å². The summed E-state index contributed by atoms with van der Waals surface area (Å²) in [5.74, 6) is 0. The van der Waals surface area contributed by atoms with E-state index in [9.17, 15) is 10.1 Å². The zero-order valence-corrected chi connectivity index (χ0v) is 5.78. The fourth-order valence-corrected chi connectivity index (χ4v) is 0.701. The van der Waals surface area contributed by atoms with Crippen molar-refractivity contribution in [1.82, 2.24) is 0 Å². The van der Waals surface area contributed by atoms with Crippen LogP contribution in [-0.4, -0.2) is 4.92 Å². The molecule has 0 saturated carbocycles. The van der Waals surface area contributed by atoms with E-state index < -0.39 is 4.92 Å². The summed E-state index contributed by atoms with van der Waals surface area (Å²) < 4.78 is 0.